The first-order chi connectivity index (χ1) is 13.6. The Bertz CT molecular complexity index is 887. The minimum absolute atomic E-state index is 0.144. The number of hydrogen-bond donors (Lipinski definition) is 0. The van der Waals surface area contributed by atoms with E-state index in [1.54, 1.807) is 21.1 Å². The van der Waals surface area contributed by atoms with Gasteiger partial charge in [-0.3, -0.25) is 9.59 Å². The number of benzene rings is 2. The fourth-order valence-electron chi connectivity index (χ4n) is 3.29. The second-order valence-electron chi connectivity index (χ2n) is 6.40. The molecule has 1 aliphatic rings. The molecule has 28 heavy (non-hydrogen) atoms. The molecule has 2 aromatic rings. The molecule has 0 heterocycles. The minimum atomic E-state index is -0.273. The number of carbonyl (C=O) groups excluding carboxylic acids is 2. The van der Waals surface area contributed by atoms with Gasteiger partial charge in [0.2, 0.25) is 5.75 Å². The first-order valence-corrected chi connectivity index (χ1v) is 9.29. The van der Waals surface area contributed by atoms with Crippen LogP contribution in [0, 0.1) is 0 Å². The van der Waals surface area contributed by atoms with Crippen LogP contribution >= 0.6 is 0 Å². The van der Waals surface area contributed by atoms with Crippen LogP contribution in [0.5, 0.6) is 17.2 Å². The monoisotopic (exact) mass is 384 g/mol. The van der Waals surface area contributed by atoms with E-state index in [4.69, 9.17) is 18.9 Å². The van der Waals surface area contributed by atoms with Crippen LogP contribution in [0.15, 0.2) is 30.3 Å². The molecule has 0 fully saturated rings. The fraction of sp³-hybridized carbons (Fsp3) is 0.364. The van der Waals surface area contributed by atoms with Crippen molar-refractivity contribution in [2.75, 3.05) is 27.4 Å². The van der Waals surface area contributed by atoms with Crippen LogP contribution in [0.1, 0.15) is 35.7 Å². The number of methoxy groups -OCH3 is 2. The van der Waals surface area contributed by atoms with E-state index in [1.165, 1.54) is 0 Å². The average Bonchev–Trinajstić information content (AvgIpc) is 3.10. The second-order valence-corrected chi connectivity index (χ2v) is 6.40. The van der Waals surface area contributed by atoms with Crippen LogP contribution in [0.25, 0.3) is 11.1 Å². The molecule has 0 spiro atoms. The second kappa shape index (κ2) is 8.78. The van der Waals surface area contributed by atoms with E-state index in [2.05, 4.69) is 0 Å². The summed E-state index contributed by atoms with van der Waals surface area (Å²) in [6, 6.07) is 9.51. The predicted octanol–water partition coefficient (Wildman–Crippen LogP) is 3.83. The van der Waals surface area contributed by atoms with Gasteiger partial charge in [-0.25, -0.2) is 0 Å². The highest BCUT2D eigenvalue weighted by atomic mass is 16.6. The van der Waals surface area contributed by atoms with Crippen molar-refractivity contribution in [3.05, 3.63) is 41.5 Å². The summed E-state index contributed by atoms with van der Waals surface area (Å²) in [7, 11) is 3.11. The maximum Gasteiger partial charge on any atom is 0.305 e. The van der Waals surface area contributed by atoms with E-state index in [0.29, 0.717) is 30.1 Å². The number of ketones is 1. The molecule has 0 unspecified atom stereocenters. The highest BCUT2D eigenvalue weighted by Gasteiger charge is 2.22. The maximum absolute atomic E-state index is 11.9. The van der Waals surface area contributed by atoms with Gasteiger partial charge in [0.15, 0.2) is 17.3 Å². The predicted molar refractivity (Wildman–Crippen MR) is 104 cm³/mol. The molecule has 0 aliphatic heterocycles. The molecule has 6 heteroatoms. The van der Waals surface area contributed by atoms with Crippen LogP contribution in [-0.4, -0.2) is 39.2 Å². The molecule has 0 radical (unpaired) electrons. The van der Waals surface area contributed by atoms with Crippen molar-refractivity contribution in [2.45, 2.75) is 26.2 Å². The molecule has 0 saturated carbocycles. The molecule has 0 atom stereocenters. The summed E-state index contributed by atoms with van der Waals surface area (Å²) in [5.74, 6) is 1.44. The molecule has 0 bridgehead atoms. The molecule has 1 aliphatic carbocycles. The van der Waals surface area contributed by atoms with E-state index in [-0.39, 0.29) is 25.0 Å². The van der Waals surface area contributed by atoms with Gasteiger partial charge in [0.25, 0.3) is 0 Å². The van der Waals surface area contributed by atoms with Gasteiger partial charge >= 0.3 is 5.97 Å². The van der Waals surface area contributed by atoms with E-state index in [0.717, 1.165) is 28.7 Å². The van der Waals surface area contributed by atoms with Crippen molar-refractivity contribution in [3.63, 3.8) is 0 Å². The highest BCUT2D eigenvalue weighted by Crippen LogP contribution is 2.45. The van der Waals surface area contributed by atoms with Crippen molar-refractivity contribution in [2.24, 2.45) is 0 Å². The molecule has 0 N–H and O–H groups in total. The Labute approximate surface area is 164 Å². The third kappa shape index (κ3) is 3.96. The van der Waals surface area contributed by atoms with Gasteiger partial charge in [-0.1, -0.05) is 25.1 Å². The highest BCUT2D eigenvalue weighted by molar-refractivity contribution is 6.01. The van der Waals surface area contributed by atoms with E-state index >= 15 is 0 Å². The van der Waals surface area contributed by atoms with Crippen molar-refractivity contribution in [1.82, 2.24) is 0 Å². The molecule has 148 valence electrons. The first-order valence-electron chi connectivity index (χ1n) is 9.29. The molecule has 0 amide bonds. The van der Waals surface area contributed by atoms with Gasteiger partial charge in [0.1, 0.15) is 13.2 Å². The topological polar surface area (TPSA) is 71.1 Å². The summed E-state index contributed by atoms with van der Waals surface area (Å²) in [6.07, 6.45) is 1.62. The molecule has 0 aromatic heterocycles. The van der Waals surface area contributed by atoms with Gasteiger partial charge in [-0.05, 0) is 29.7 Å². The number of fused-ring (bicyclic) bond motifs is 1. The van der Waals surface area contributed by atoms with Gasteiger partial charge in [-0.2, -0.15) is 0 Å². The quantitative estimate of drug-likeness (QED) is 0.509. The standard InChI is InChI=1S/C22H24O6/c1-4-20(24)27-11-12-28-21-17(8-10-19(25-2)22(21)26-3)15-5-7-16-14(13-15)6-9-18(16)23/h5,7-8,10,13H,4,6,9,11-12H2,1-3H3. The Morgan fingerprint density at radius 2 is 1.75 bits per heavy atom. The lowest BCUT2D eigenvalue weighted by Gasteiger charge is -2.18. The Balaban J connectivity index is 1.94. The smallest absolute Gasteiger partial charge is 0.305 e. The van der Waals surface area contributed by atoms with Crippen molar-refractivity contribution >= 4 is 11.8 Å². The number of rotatable bonds is 8. The summed E-state index contributed by atoms with van der Waals surface area (Å²) >= 11 is 0. The van der Waals surface area contributed by atoms with Gasteiger partial charge < -0.3 is 18.9 Å². The molecular weight excluding hydrogens is 360 g/mol. The molecular formula is C22H24O6. The van der Waals surface area contributed by atoms with Crippen LogP contribution < -0.4 is 14.2 Å². The third-order valence-electron chi connectivity index (χ3n) is 4.72. The fourth-order valence-corrected chi connectivity index (χ4v) is 3.29. The Hall–Kier alpha value is -3.02. The van der Waals surface area contributed by atoms with E-state index < -0.39 is 0 Å². The van der Waals surface area contributed by atoms with E-state index in [9.17, 15) is 9.59 Å². The number of ether oxygens (including phenoxy) is 4. The lowest BCUT2D eigenvalue weighted by molar-refractivity contribution is -0.143. The van der Waals surface area contributed by atoms with Gasteiger partial charge in [0, 0.05) is 24.0 Å². The van der Waals surface area contributed by atoms with Gasteiger partial charge in [-0.15, -0.1) is 0 Å². The zero-order valence-corrected chi connectivity index (χ0v) is 16.4. The largest absolute Gasteiger partial charge is 0.493 e. The number of aryl methyl sites for hydroxylation is 1. The van der Waals surface area contributed by atoms with Crippen LogP contribution in [0.4, 0.5) is 0 Å². The number of carbonyl (C=O) groups is 2. The van der Waals surface area contributed by atoms with Crippen molar-refractivity contribution in [3.8, 4) is 28.4 Å². The summed E-state index contributed by atoms with van der Waals surface area (Å²) in [6.45, 7) is 2.07. The molecule has 0 saturated heterocycles. The molecule has 3 rings (SSSR count). The Kier molecular flexibility index (Phi) is 6.19. The van der Waals surface area contributed by atoms with Crippen molar-refractivity contribution in [1.29, 1.82) is 0 Å². The van der Waals surface area contributed by atoms with E-state index in [1.807, 2.05) is 30.3 Å². The lowest BCUT2D eigenvalue weighted by atomic mass is 9.99. The minimum Gasteiger partial charge on any atom is -0.493 e. The lowest BCUT2D eigenvalue weighted by Crippen LogP contribution is -2.12. The number of Topliss-reactive ketones (excluding diaryl/α,β-unsaturated/α-hetero) is 1. The SMILES string of the molecule is CCC(=O)OCCOc1c(-c2ccc3c(c2)CCC3=O)ccc(OC)c1OC. The van der Waals surface area contributed by atoms with Crippen LogP contribution in [-0.2, 0) is 16.0 Å². The summed E-state index contributed by atoms with van der Waals surface area (Å²) in [4.78, 5) is 23.2. The Morgan fingerprint density at radius 3 is 2.46 bits per heavy atom. The summed E-state index contributed by atoms with van der Waals surface area (Å²) in [5.41, 5.74) is 3.58. The van der Waals surface area contributed by atoms with Crippen molar-refractivity contribution < 1.29 is 28.5 Å². The van der Waals surface area contributed by atoms with Gasteiger partial charge in [0.05, 0.1) is 14.2 Å². The van der Waals surface area contributed by atoms with Crippen LogP contribution in [0.3, 0.4) is 0 Å². The first kappa shape index (κ1) is 19.7. The summed E-state index contributed by atoms with van der Waals surface area (Å²) < 4.78 is 21.9. The number of esters is 1. The Morgan fingerprint density at radius 1 is 0.964 bits per heavy atom. The normalized spacial score (nSPS) is 12.5. The van der Waals surface area contributed by atoms with Crippen LogP contribution in [0.2, 0.25) is 0 Å². The summed E-state index contributed by atoms with van der Waals surface area (Å²) in [5, 5.41) is 0. The number of hydrogen-bond acceptors (Lipinski definition) is 6. The average molecular weight is 384 g/mol. The molecule has 6 nitrogen and oxygen atoms in total. The third-order valence-corrected chi connectivity index (χ3v) is 4.72. The zero-order chi connectivity index (χ0) is 20.1. The molecule has 2 aromatic carbocycles. The maximum atomic E-state index is 11.9. The zero-order valence-electron chi connectivity index (χ0n) is 16.4.